The minimum atomic E-state index is 0.507. The summed E-state index contributed by atoms with van der Waals surface area (Å²) in [6.07, 6.45) is 5.31. The standard InChI is InChI=1S/C20H21ClN4/c1-15(2)16-8-10-17(11-9-16)24(3)23-20(25-13-12-22-14-25)18-6-4-5-7-19(18)21/h4-15H,1-3H3/b23-20+. The highest BCUT2D eigenvalue weighted by atomic mass is 35.5. The number of aromatic nitrogens is 2. The summed E-state index contributed by atoms with van der Waals surface area (Å²) >= 11 is 6.39. The monoisotopic (exact) mass is 352 g/mol. The van der Waals surface area contributed by atoms with Crippen LogP contribution in [-0.4, -0.2) is 22.4 Å². The van der Waals surface area contributed by atoms with Crippen molar-refractivity contribution in [2.45, 2.75) is 19.8 Å². The Morgan fingerprint density at radius 1 is 1.12 bits per heavy atom. The van der Waals surface area contributed by atoms with Gasteiger partial charge in [0.15, 0.2) is 5.84 Å². The lowest BCUT2D eigenvalue weighted by Crippen LogP contribution is -2.19. The minimum Gasteiger partial charge on any atom is -0.289 e. The maximum absolute atomic E-state index is 6.39. The van der Waals surface area contributed by atoms with Crippen molar-refractivity contribution in [1.29, 1.82) is 0 Å². The number of halogens is 1. The molecule has 3 rings (SSSR count). The van der Waals surface area contributed by atoms with Crippen molar-refractivity contribution < 1.29 is 0 Å². The molecule has 0 N–H and O–H groups in total. The fourth-order valence-electron chi connectivity index (χ4n) is 2.55. The smallest absolute Gasteiger partial charge is 0.167 e. The van der Waals surface area contributed by atoms with Crippen molar-refractivity contribution in [3.05, 3.63) is 83.4 Å². The summed E-state index contributed by atoms with van der Waals surface area (Å²) in [5.74, 6) is 1.23. The molecule has 0 aliphatic carbocycles. The van der Waals surface area contributed by atoms with E-state index in [1.165, 1.54) is 5.56 Å². The third kappa shape index (κ3) is 3.91. The third-order valence-corrected chi connectivity index (χ3v) is 4.37. The van der Waals surface area contributed by atoms with Crippen LogP contribution >= 0.6 is 11.6 Å². The van der Waals surface area contributed by atoms with Crippen LogP contribution in [0.5, 0.6) is 0 Å². The van der Waals surface area contributed by atoms with Gasteiger partial charge in [-0.1, -0.05) is 49.7 Å². The second-order valence-corrected chi connectivity index (χ2v) is 6.55. The van der Waals surface area contributed by atoms with Crippen LogP contribution in [0.2, 0.25) is 5.02 Å². The van der Waals surface area contributed by atoms with Gasteiger partial charge in [0.2, 0.25) is 0 Å². The third-order valence-electron chi connectivity index (χ3n) is 4.04. The Bertz CT molecular complexity index is 852. The Balaban J connectivity index is 1.99. The second-order valence-electron chi connectivity index (χ2n) is 6.14. The van der Waals surface area contributed by atoms with Crippen LogP contribution in [-0.2, 0) is 0 Å². The molecule has 25 heavy (non-hydrogen) atoms. The van der Waals surface area contributed by atoms with Gasteiger partial charge < -0.3 is 0 Å². The van der Waals surface area contributed by atoms with Gasteiger partial charge in [0.25, 0.3) is 0 Å². The number of anilines is 1. The van der Waals surface area contributed by atoms with Crippen molar-refractivity contribution in [3.8, 4) is 0 Å². The van der Waals surface area contributed by atoms with Crippen LogP contribution in [0, 0.1) is 0 Å². The van der Waals surface area contributed by atoms with Gasteiger partial charge in [0.1, 0.15) is 6.33 Å². The second kappa shape index (κ2) is 7.53. The van der Waals surface area contributed by atoms with E-state index in [0.29, 0.717) is 10.9 Å². The van der Waals surface area contributed by atoms with Gasteiger partial charge in [-0.25, -0.2) is 4.98 Å². The summed E-state index contributed by atoms with van der Waals surface area (Å²) in [5.41, 5.74) is 3.17. The van der Waals surface area contributed by atoms with Crippen LogP contribution in [0.25, 0.3) is 0 Å². The zero-order valence-electron chi connectivity index (χ0n) is 14.6. The Morgan fingerprint density at radius 2 is 1.84 bits per heavy atom. The predicted octanol–water partition coefficient (Wildman–Crippen LogP) is 5.01. The van der Waals surface area contributed by atoms with Crippen molar-refractivity contribution in [2.24, 2.45) is 5.10 Å². The van der Waals surface area contributed by atoms with E-state index in [9.17, 15) is 0 Å². The fourth-order valence-corrected chi connectivity index (χ4v) is 2.77. The first-order valence-corrected chi connectivity index (χ1v) is 8.59. The van der Waals surface area contributed by atoms with Gasteiger partial charge in [-0.3, -0.25) is 9.58 Å². The normalized spacial score (nSPS) is 11.8. The Hall–Kier alpha value is -2.59. The maximum atomic E-state index is 6.39. The Morgan fingerprint density at radius 3 is 2.44 bits per heavy atom. The van der Waals surface area contributed by atoms with Gasteiger partial charge in [0.05, 0.1) is 10.7 Å². The van der Waals surface area contributed by atoms with Crippen LogP contribution in [0.4, 0.5) is 5.69 Å². The molecule has 0 bridgehead atoms. The van der Waals surface area contributed by atoms with E-state index in [-0.39, 0.29) is 0 Å². The molecule has 0 unspecified atom stereocenters. The molecule has 0 atom stereocenters. The molecule has 2 aromatic carbocycles. The molecular weight excluding hydrogens is 332 g/mol. The molecule has 5 heteroatoms. The summed E-state index contributed by atoms with van der Waals surface area (Å²) in [6, 6.07) is 16.1. The molecule has 1 heterocycles. The molecule has 128 valence electrons. The highest BCUT2D eigenvalue weighted by Gasteiger charge is 2.12. The summed E-state index contributed by atoms with van der Waals surface area (Å²) in [7, 11) is 1.93. The highest BCUT2D eigenvalue weighted by Crippen LogP contribution is 2.21. The first kappa shape index (κ1) is 17.2. The molecule has 0 saturated carbocycles. The van der Waals surface area contributed by atoms with Crippen molar-refractivity contribution in [3.63, 3.8) is 0 Å². The van der Waals surface area contributed by atoms with Gasteiger partial charge in [-0.2, -0.15) is 5.10 Å². The number of nitrogens with zero attached hydrogens (tertiary/aromatic N) is 4. The van der Waals surface area contributed by atoms with E-state index in [0.717, 1.165) is 17.1 Å². The summed E-state index contributed by atoms with van der Waals surface area (Å²) < 4.78 is 1.86. The van der Waals surface area contributed by atoms with E-state index in [1.54, 1.807) is 12.5 Å². The van der Waals surface area contributed by atoms with E-state index in [2.05, 4.69) is 43.1 Å². The fraction of sp³-hybridized carbons (Fsp3) is 0.200. The van der Waals surface area contributed by atoms with Crippen LogP contribution < -0.4 is 5.01 Å². The molecule has 1 aromatic heterocycles. The predicted molar refractivity (Wildman–Crippen MR) is 105 cm³/mol. The molecular formula is C20H21ClN4. The molecule has 0 amide bonds. The van der Waals surface area contributed by atoms with E-state index in [4.69, 9.17) is 16.7 Å². The van der Waals surface area contributed by atoms with Gasteiger partial charge in [-0.05, 0) is 35.7 Å². The highest BCUT2D eigenvalue weighted by molar-refractivity contribution is 6.34. The molecule has 0 saturated heterocycles. The lowest BCUT2D eigenvalue weighted by atomic mass is 10.0. The molecule has 0 radical (unpaired) electrons. The molecule has 0 aliphatic heterocycles. The minimum absolute atomic E-state index is 0.507. The Labute approximate surface area is 153 Å². The quantitative estimate of drug-likeness (QED) is 0.376. The number of hydrazone groups is 1. The van der Waals surface area contributed by atoms with Crippen molar-refractivity contribution in [2.75, 3.05) is 12.1 Å². The first-order chi connectivity index (χ1) is 12.1. The zero-order chi connectivity index (χ0) is 17.8. The SMILES string of the molecule is CC(C)c1ccc(N(C)/N=C(\c2ccccc2Cl)n2ccnc2)cc1. The number of hydrogen-bond donors (Lipinski definition) is 0. The van der Waals surface area contributed by atoms with Gasteiger partial charge >= 0.3 is 0 Å². The van der Waals surface area contributed by atoms with Gasteiger partial charge in [-0.15, -0.1) is 0 Å². The Kier molecular flexibility index (Phi) is 5.19. The maximum Gasteiger partial charge on any atom is 0.167 e. The number of rotatable bonds is 4. The van der Waals surface area contributed by atoms with Gasteiger partial charge in [0, 0.05) is 25.0 Å². The first-order valence-electron chi connectivity index (χ1n) is 8.22. The molecule has 0 aliphatic rings. The van der Waals surface area contributed by atoms with Crippen molar-refractivity contribution >= 4 is 23.1 Å². The molecule has 0 fully saturated rings. The number of hydrogen-bond acceptors (Lipinski definition) is 3. The lowest BCUT2D eigenvalue weighted by Gasteiger charge is -2.18. The van der Waals surface area contributed by atoms with E-state index < -0.39 is 0 Å². The van der Waals surface area contributed by atoms with Crippen molar-refractivity contribution in [1.82, 2.24) is 9.55 Å². The summed E-state index contributed by atoms with van der Waals surface area (Å²) in [4.78, 5) is 4.13. The zero-order valence-corrected chi connectivity index (χ0v) is 15.4. The molecule has 3 aromatic rings. The number of benzene rings is 2. The number of imidazole rings is 1. The average molecular weight is 353 g/mol. The van der Waals surface area contributed by atoms with E-state index >= 15 is 0 Å². The van der Waals surface area contributed by atoms with E-state index in [1.807, 2.05) is 47.1 Å². The average Bonchev–Trinajstić information content (AvgIpc) is 3.14. The molecule has 4 nitrogen and oxygen atoms in total. The molecule has 0 spiro atoms. The summed E-state index contributed by atoms with van der Waals surface area (Å²) in [5, 5.41) is 7.28. The largest absolute Gasteiger partial charge is 0.289 e. The topological polar surface area (TPSA) is 33.4 Å². The van der Waals surface area contributed by atoms with Crippen LogP contribution in [0.3, 0.4) is 0 Å². The summed E-state index contributed by atoms with van der Waals surface area (Å²) in [6.45, 7) is 4.37. The lowest BCUT2D eigenvalue weighted by molar-refractivity contribution is 0.865. The van der Waals surface area contributed by atoms with Crippen LogP contribution in [0.1, 0.15) is 30.9 Å². The van der Waals surface area contributed by atoms with Crippen LogP contribution in [0.15, 0.2) is 72.4 Å².